The Morgan fingerprint density at radius 1 is 1.00 bits per heavy atom. The highest BCUT2D eigenvalue weighted by atomic mass is 32.2. The molecule has 2 atom stereocenters. The minimum absolute atomic E-state index is 0.0825. The van der Waals surface area contributed by atoms with Crippen LogP contribution in [0.4, 0.5) is 4.79 Å². The van der Waals surface area contributed by atoms with Crippen LogP contribution < -0.4 is 10.6 Å². The van der Waals surface area contributed by atoms with Crippen molar-refractivity contribution < 1.29 is 23.6 Å². The number of carbonyl (C=O) groups is 3. The Balaban J connectivity index is 2.07. The number of alkyl carbamates (subject to hydrolysis) is 1. The van der Waals surface area contributed by atoms with Crippen molar-refractivity contribution in [3.63, 3.8) is 0 Å². The highest BCUT2D eigenvalue weighted by molar-refractivity contribution is 7.98. The molecule has 2 amide bonds. The van der Waals surface area contributed by atoms with E-state index < -0.39 is 29.9 Å². The van der Waals surface area contributed by atoms with Crippen molar-refractivity contribution in [1.82, 2.24) is 20.8 Å². The van der Waals surface area contributed by atoms with Crippen LogP contribution in [-0.4, -0.2) is 46.3 Å². The molecular weight excluding hydrogens is 444 g/mol. The second kappa shape index (κ2) is 13.0. The molecule has 0 radical (unpaired) electrons. The van der Waals surface area contributed by atoms with Crippen molar-refractivity contribution in [2.75, 3.05) is 6.26 Å². The van der Waals surface area contributed by atoms with Crippen LogP contribution in [0.1, 0.15) is 56.7 Å². The molecule has 0 saturated heterocycles. The van der Waals surface area contributed by atoms with Gasteiger partial charge in [0, 0.05) is 0 Å². The number of benzene rings is 1. The van der Waals surface area contributed by atoms with Crippen molar-refractivity contribution in [3.05, 3.63) is 41.7 Å². The van der Waals surface area contributed by atoms with Crippen molar-refractivity contribution in [2.24, 2.45) is 11.8 Å². The third kappa shape index (κ3) is 8.88. The number of ketones is 1. The fraction of sp³-hybridized carbons (Fsp3) is 0.522. The van der Waals surface area contributed by atoms with E-state index in [9.17, 15) is 14.4 Å². The van der Waals surface area contributed by atoms with Crippen molar-refractivity contribution in [3.8, 4) is 0 Å². The smallest absolute Gasteiger partial charge is 0.408 e. The quantitative estimate of drug-likeness (QED) is 0.350. The highest BCUT2D eigenvalue weighted by Gasteiger charge is 2.31. The molecule has 2 rings (SSSR count). The van der Waals surface area contributed by atoms with Crippen LogP contribution in [0.2, 0.25) is 0 Å². The van der Waals surface area contributed by atoms with Gasteiger partial charge in [0.25, 0.3) is 5.22 Å². The topological polar surface area (TPSA) is 123 Å². The molecule has 9 nitrogen and oxygen atoms in total. The van der Waals surface area contributed by atoms with E-state index in [2.05, 4.69) is 20.8 Å². The van der Waals surface area contributed by atoms with Crippen molar-refractivity contribution >= 4 is 29.5 Å². The van der Waals surface area contributed by atoms with E-state index in [-0.39, 0.29) is 29.5 Å². The number of rotatable bonds is 12. The molecule has 1 aromatic heterocycles. The molecule has 0 unspecified atom stereocenters. The fourth-order valence-electron chi connectivity index (χ4n) is 3.13. The molecule has 2 N–H and O–H groups in total. The van der Waals surface area contributed by atoms with Gasteiger partial charge in [0.1, 0.15) is 12.6 Å². The van der Waals surface area contributed by atoms with Crippen molar-refractivity contribution in [1.29, 1.82) is 0 Å². The third-order valence-corrected chi connectivity index (χ3v) is 5.19. The first-order chi connectivity index (χ1) is 15.7. The Morgan fingerprint density at radius 3 is 2.21 bits per heavy atom. The standard InChI is InChI=1S/C23H32N4O5S/c1-14(2)11-17(19(28)20-26-23(33-5)32-27-20)24-21(29)18(12-15(3)4)25-22(30)31-13-16-9-7-6-8-10-16/h6-10,14-15,17-18H,11-13H2,1-5H3,(H,24,29)(H,25,30)/t17-,18-/m0/s1. The summed E-state index contributed by atoms with van der Waals surface area (Å²) in [5.41, 5.74) is 0.838. The Kier molecular flexibility index (Phi) is 10.4. The lowest BCUT2D eigenvalue weighted by molar-refractivity contribution is -0.124. The third-order valence-electron chi connectivity index (χ3n) is 4.67. The van der Waals surface area contributed by atoms with Gasteiger partial charge >= 0.3 is 6.09 Å². The van der Waals surface area contributed by atoms with Crippen LogP contribution in [0.15, 0.2) is 40.1 Å². The van der Waals surface area contributed by atoms with E-state index in [4.69, 9.17) is 9.26 Å². The largest absolute Gasteiger partial charge is 0.445 e. The first kappa shape index (κ1) is 26.4. The van der Waals surface area contributed by atoms with Gasteiger partial charge in [-0.1, -0.05) is 74.9 Å². The summed E-state index contributed by atoms with van der Waals surface area (Å²) >= 11 is 1.23. The van der Waals surface area contributed by atoms with Gasteiger partial charge in [0.05, 0.1) is 6.04 Å². The molecule has 10 heteroatoms. The molecule has 0 aliphatic carbocycles. The van der Waals surface area contributed by atoms with E-state index in [0.717, 1.165) is 5.56 Å². The molecule has 180 valence electrons. The average Bonchev–Trinajstić information content (AvgIpc) is 3.25. The van der Waals surface area contributed by atoms with E-state index >= 15 is 0 Å². The van der Waals surface area contributed by atoms with E-state index in [1.54, 1.807) is 6.26 Å². The fourth-order valence-corrected chi connectivity index (χ4v) is 3.42. The number of nitrogens with one attached hydrogen (secondary N) is 2. The SMILES string of the molecule is CSc1nc(C(=O)[C@H](CC(C)C)NC(=O)[C@H](CC(C)C)NC(=O)OCc2ccccc2)no1. The lowest BCUT2D eigenvalue weighted by Crippen LogP contribution is -2.52. The summed E-state index contributed by atoms with van der Waals surface area (Å²) in [5, 5.41) is 9.39. The second-order valence-corrected chi connectivity index (χ2v) is 9.29. The van der Waals surface area contributed by atoms with Gasteiger partial charge in [0.15, 0.2) is 0 Å². The van der Waals surface area contributed by atoms with Crippen LogP contribution in [0, 0.1) is 11.8 Å². The molecule has 0 bridgehead atoms. The predicted octanol–water partition coefficient (Wildman–Crippen LogP) is 3.85. The van der Waals surface area contributed by atoms with Crippen LogP contribution in [0.25, 0.3) is 0 Å². The molecule has 0 aliphatic heterocycles. The number of hydrogen-bond acceptors (Lipinski definition) is 8. The van der Waals surface area contributed by atoms with Gasteiger partial charge in [-0.3, -0.25) is 9.59 Å². The summed E-state index contributed by atoms with van der Waals surface area (Å²) in [6.45, 7) is 7.86. The number of aromatic nitrogens is 2. The van der Waals surface area contributed by atoms with Gasteiger partial charge in [-0.2, -0.15) is 4.98 Å². The van der Waals surface area contributed by atoms with E-state index in [0.29, 0.717) is 12.8 Å². The molecule has 0 fully saturated rings. The van der Waals surface area contributed by atoms with Gasteiger partial charge in [-0.15, -0.1) is 0 Å². The molecule has 1 aromatic carbocycles. The normalized spacial score (nSPS) is 12.9. The minimum atomic E-state index is -0.859. The summed E-state index contributed by atoms with van der Waals surface area (Å²) in [5.74, 6) is -0.737. The number of carbonyl (C=O) groups excluding carboxylic acids is 3. The van der Waals surface area contributed by atoms with Gasteiger partial charge in [-0.25, -0.2) is 4.79 Å². The first-order valence-corrected chi connectivity index (χ1v) is 12.1. The molecular formula is C23H32N4O5S. The minimum Gasteiger partial charge on any atom is -0.445 e. The number of amides is 2. The summed E-state index contributed by atoms with van der Waals surface area (Å²) < 4.78 is 10.3. The Labute approximate surface area is 198 Å². The maximum atomic E-state index is 13.1. The molecule has 2 aromatic rings. The van der Waals surface area contributed by atoms with Gasteiger partial charge in [0.2, 0.25) is 17.5 Å². The van der Waals surface area contributed by atoms with Crippen LogP contribution in [0.5, 0.6) is 0 Å². The van der Waals surface area contributed by atoms with E-state index in [1.165, 1.54) is 11.8 Å². The molecule has 33 heavy (non-hydrogen) atoms. The Morgan fingerprint density at radius 2 is 1.64 bits per heavy atom. The summed E-state index contributed by atoms with van der Waals surface area (Å²) in [6, 6.07) is 7.55. The zero-order valence-corrected chi connectivity index (χ0v) is 20.5. The van der Waals surface area contributed by atoms with Gasteiger partial charge in [-0.05, 0) is 36.5 Å². The molecule has 0 spiro atoms. The Bertz CT molecular complexity index is 917. The van der Waals surface area contributed by atoms with Crippen molar-refractivity contribution in [2.45, 2.75) is 64.4 Å². The predicted molar refractivity (Wildman–Crippen MR) is 125 cm³/mol. The van der Waals surface area contributed by atoms with Crippen LogP contribution >= 0.6 is 11.8 Å². The maximum Gasteiger partial charge on any atom is 0.408 e. The molecule has 0 saturated carbocycles. The average molecular weight is 477 g/mol. The zero-order valence-electron chi connectivity index (χ0n) is 19.7. The van der Waals surface area contributed by atoms with Crippen LogP contribution in [0.3, 0.4) is 0 Å². The number of nitrogens with zero attached hydrogens (tertiary/aromatic N) is 2. The number of thioether (sulfide) groups is 1. The van der Waals surface area contributed by atoms with Crippen LogP contribution in [-0.2, 0) is 16.1 Å². The number of hydrogen-bond donors (Lipinski definition) is 2. The summed E-state index contributed by atoms with van der Waals surface area (Å²) in [4.78, 5) is 42.4. The summed E-state index contributed by atoms with van der Waals surface area (Å²) in [7, 11) is 0. The lowest BCUT2D eigenvalue weighted by Gasteiger charge is -2.24. The van der Waals surface area contributed by atoms with Gasteiger partial charge < -0.3 is 19.9 Å². The zero-order chi connectivity index (χ0) is 24.4. The lowest BCUT2D eigenvalue weighted by atomic mass is 9.98. The number of ether oxygens (including phenoxy) is 1. The monoisotopic (exact) mass is 476 g/mol. The maximum absolute atomic E-state index is 13.1. The Hall–Kier alpha value is -2.88. The molecule has 1 heterocycles. The molecule has 0 aliphatic rings. The highest BCUT2D eigenvalue weighted by Crippen LogP contribution is 2.15. The number of Topliss-reactive ketones (excluding diaryl/α,β-unsaturated/α-hetero) is 1. The summed E-state index contributed by atoms with van der Waals surface area (Å²) in [6.07, 6.45) is 1.83. The van der Waals surface area contributed by atoms with E-state index in [1.807, 2.05) is 58.0 Å². The first-order valence-electron chi connectivity index (χ1n) is 10.9. The second-order valence-electron chi connectivity index (χ2n) is 8.53.